The molecule has 128 valence electrons. The maximum absolute atomic E-state index is 12.7. The number of urea groups is 1. The third-order valence-electron chi connectivity index (χ3n) is 4.57. The number of carbonyl (C=O) groups excluding carboxylic acids is 1. The Labute approximate surface area is 142 Å². The molecule has 24 heavy (non-hydrogen) atoms. The lowest BCUT2D eigenvalue weighted by Gasteiger charge is -2.24. The molecular weight excluding hydrogens is 304 g/mol. The average Bonchev–Trinajstić information content (AvgIpc) is 3.22. The molecule has 1 aromatic carbocycles. The largest absolute Gasteiger partial charge is 0.375 e. The highest BCUT2D eigenvalue weighted by atomic mass is 16.2. The van der Waals surface area contributed by atoms with Crippen LogP contribution < -0.4 is 10.2 Å². The Bertz CT molecular complexity index is 713. The van der Waals surface area contributed by atoms with Crippen molar-refractivity contribution in [2.24, 2.45) is 7.05 Å². The monoisotopic (exact) mass is 328 g/mol. The predicted octanol–water partition coefficient (Wildman–Crippen LogP) is 2.64. The molecule has 0 unspecified atom stereocenters. The second kappa shape index (κ2) is 6.90. The van der Waals surface area contributed by atoms with Gasteiger partial charge in [-0.25, -0.2) is 4.79 Å². The Morgan fingerprint density at radius 1 is 1.46 bits per heavy atom. The fraction of sp³-hybridized carbons (Fsp3) is 0.471. The highest BCUT2D eigenvalue weighted by Crippen LogP contribution is 2.31. The van der Waals surface area contributed by atoms with E-state index in [2.05, 4.69) is 27.3 Å². The minimum atomic E-state index is -0.0863. The Morgan fingerprint density at radius 2 is 2.29 bits per heavy atom. The summed E-state index contributed by atoms with van der Waals surface area (Å²) in [6.07, 6.45) is 3.57. The minimum absolute atomic E-state index is 0.0148. The van der Waals surface area contributed by atoms with E-state index in [0.29, 0.717) is 0 Å². The van der Waals surface area contributed by atoms with Crippen LogP contribution in [0.25, 0.3) is 0 Å². The van der Waals surface area contributed by atoms with E-state index in [1.807, 2.05) is 47.8 Å². The number of carbonyl (C=O) groups is 1. The molecule has 7 nitrogen and oxygen atoms in total. The lowest BCUT2D eigenvalue weighted by Crippen LogP contribution is -2.35. The summed E-state index contributed by atoms with van der Waals surface area (Å²) in [5.41, 5.74) is 1.89. The van der Waals surface area contributed by atoms with E-state index in [9.17, 15) is 4.79 Å². The summed E-state index contributed by atoms with van der Waals surface area (Å²) in [5.74, 6) is 0.835. The summed E-state index contributed by atoms with van der Waals surface area (Å²) >= 11 is 0. The third-order valence-corrected chi connectivity index (χ3v) is 4.57. The number of hydrogen-bond acceptors (Lipinski definition) is 4. The number of anilines is 2. The number of likely N-dealkylation sites (tertiary alicyclic amines) is 1. The summed E-state index contributed by atoms with van der Waals surface area (Å²) in [7, 11) is 3.94. The molecule has 1 fully saturated rings. The Morgan fingerprint density at radius 3 is 3.00 bits per heavy atom. The molecule has 1 aliphatic rings. The molecule has 0 bridgehead atoms. The lowest BCUT2D eigenvalue weighted by atomic mass is 10.2. The van der Waals surface area contributed by atoms with E-state index in [0.717, 1.165) is 43.1 Å². The second-order valence-corrected chi connectivity index (χ2v) is 6.15. The first kappa shape index (κ1) is 16.3. The van der Waals surface area contributed by atoms with Crippen molar-refractivity contribution in [3.63, 3.8) is 0 Å². The molecule has 1 aromatic heterocycles. The first-order valence-electron chi connectivity index (χ1n) is 8.33. The normalized spacial score (nSPS) is 17.1. The van der Waals surface area contributed by atoms with E-state index in [1.165, 1.54) is 0 Å². The van der Waals surface area contributed by atoms with Gasteiger partial charge in [-0.1, -0.05) is 6.07 Å². The molecule has 1 atom stereocenters. The molecule has 2 heterocycles. The highest BCUT2D eigenvalue weighted by Gasteiger charge is 2.32. The van der Waals surface area contributed by atoms with Crippen LogP contribution in [0.1, 0.15) is 31.6 Å². The number of nitrogens with zero attached hydrogens (tertiary/aromatic N) is 5. The molecule has 1 aliphatic heterocycles. The summed E-state index contributed by atoms with van der Waals surface area (Å²) in [5, 5.41) is 11.1. The number of aromatic nitrogens is 3. The van der Waals surface area contributed by atoms with E-state index < -0.39 is 0 Å². The lowest BCUT2D eigenvalue weighted by molar-refractivity contribution is 0.204. The van der Waals surface area contributed by atoms with Gasteiger partial charge in [-0.05, 0) is 38.0 Å². The zero-order valence-corrected chi connectivity index (χ0v) is 14.4. The fourth-order valence-electron chi connectivity index (χ4n) is 3.07. The molecular formula is C17H24N6O. The van der Waals surface area contributed by atoms with Crippen LogP contribution >= 0.6 is 0 Å². The number of nitrogens with one attached hydrogen (secondary N) is 1. The second-order valence-electron chi connectivity index (χ2n) is 6.15. The van der Waals surface area contributed by atoms with E-state index in [4.69, 9.17) is 0 Å². The molecule has 2 aromatic rings. The average molecular weight is 328 g/mol. The molecule has 7 heteroatoms. The molecule has 0 spiro atoms. The SMILES string of the molecule is CCN(C)c1cccc(NC(=O)N2CCC[C@@H]2c2nncn2C)c1. The van der Waals surface area contributed by atoms with Gasteiger partial charge < -0.3 is 19.7 Å². The van der Waals surface area contributed by atoms with Gasteiger partial charge in [0.05, 0.1) is 6.04 Å². The van der Waals surface area contributed by atoms with Crippen molar-refractivity contribution in [2.45, 2.75) is 25.8 Å². The Hall–Kier alpha value is -2.57. The van der Waals surface area contributed by atoms with Gasteiger partial charge in [0.15, 0.2) is 5.82 Å². The maximum atomic E-state index is 12.7. The van der Waals surface area contributed by atoms with Gasteiger partial charge in [0.1, 0.15) is 6.33 Å². The van der Waals surface area contributed by atoms with Crippen LogP contribution in [0, 0.1) is 0 Å². The zero-order chi connectivity index (χ0) is 17.1. The van der Waals surface area contributed by atoms with Crippen LogP contribution in [-0.4, -0.2) is 45.8 Å². The van der Waals surface area contributed by atoms with Crippen LogP contribution in [0.5, 0.6) is 0 Å². The molecule has 0 saturated carbocycles. The van der Waals surface area contributed by atoms with Crippen molar-refractivity contribution in [1.82, 2.24) is 19.7 Å². The van der Waals surface area contributed by atoms with Crippen LogP contribution in [0.15, 0.2) is 30.6 Å². The first-order valence-corrected chi connectivity index (χ1v) is 8.33. The van der Waals surface area contributed by atoms with E-state index in [-0.39, 0.29) is 12.1 Å². The molecule has 1 N–H and O–H groups in total. The van der Waals surface area contributed by atoms with Gasteiger partial charge in [-0.3, -0.25) is 0 Å². The van der Waals surface area contributed by atoms with Crippen LogP contribution in [0.3, 0.4) is 0 Å². The summed E-state index contributed by atoms with van der Waals surface area (Å²) < 4.78 is 1.88. The van der Waals surface area contributed by atoms with Crippen molar-refractivity contribution < 1.29 is 4.79 Å². The van der Waals surface area contributed by atoms with Crippen molar-refractivity contribution in [3.05, 3.63) is 36.4 Å². The number of rotatable bonds is 4. The molecule has 0 aliphatic carbocycles. The van der Waals surface area contributed by atoms with Crippen molar-refractivity contribution in [1.29, 1.82) is 0 Å². The van der Waals surface area contributed by atoms with Crippen LogP contribution in [-0.2, 0) is 7.05 Å². The van der Waals surface area contributed by atoms with Gasteiger partial charge >= 0.3 is 6.03 Å². The summed E-state index contributed by atoms with van der Waals surface area (Å²) in [6.45, 7) is 3.75. The predicted molar refractivity (Wildman–Crippen MR) is 94.1 cm³/mol. The van der Waals surface area contributed by atoms with E-state index >= 15 is 0 Å². The molecule has 3 rings (SSSR count). The van der Waals surface area contributed by atoms with Gasteiger partial charge in [0.25, 0.3) is 0 Å². The molecule has 2 amide bonds. The zero-order valence-electron chi connectivity index (χ0n) is 14.4. The quantitative estimate of drug-likeness (QED) is 0.937. The van der Waals surface area contributed by atoms with Gasteiger partial charge in [0.2, 0.25) is 0 Å². The van der Waals surface area contributed by atoms with Crippen molar-refractivity contribution in [2.75, 3.05) is 30.4 Å². The first-order chi connectivity index (χ1) is 11.6. The summed E-state index contributed by atoms with van der Waals surface area (Å²) in [6, 6.07) is 7.81. The number of benzene rings is 1. The maximum Gasteiger partial charge on any atom is 0.322 e. The standard InChI is InChI=1S/C17H24N6O/c1-4-21(2)14-8-5-7-13(11-14)19-17(24)23-10-6-9-15(23)16-20-18-12-22(16)3/h5,7-8,11-12,15H,4,6,9-10H2,1-3H3,(H,19,24)/t15-/m1/s1. The molecule has 1 saturated heterocycles. The fourth-order valence-corrected chi connectivity index (χ4v) is 3.07. The minimum Gasteiger partial charge on any atom is -0.375 e. The van der Waals surface area contributed by atoms with Crippen molar-refractivity contribution in [3.8, 4) is 0 Å². The van der Waals surface area contributed by atoms with Gasteiger partial charge in [-0.15, -0.1) is 10.2 Å². The number of amides is 2. The third kappa shape index (κ3) is 3.20. The van der Waals surface area contributed by atoms with Gasteiger partial charge in [-0.2, -0.15) is 0 Å². The Balaban J connectivity index is 1.74. The Kier molecular flexibility index (Phi) is 4.69. The number of hydrogen-bond donors (Lipinski definition) is 1. The molecule has 0 radical (unpaired) electrons. The van der Waals surface area contributed by atoms with E-state index in [1.54, 1.807) is 6.33 Å². The topological polar surface area (TPSA) is 66.3 Å². The van der Waals surface area contributed by atoms with Crippen molar-refractivity contribution >= 4 is 17.4 Å². The van der Waals surface area contributed by atoms with Gasteiger partial charge in [0, 0.05) is 38.6 Å². The van der Waals surface area contributed by atoms with Crippen LogP contribution in [0.4, 0.5) is 16.2 Å². The number of aryl methyl sites for hydroxylation is 1. The smallest absolute Gasteiger partial charge is 0.322 e. The van der Waals surface area contributed by atoms with Crippen LogP contribution in [0.2, 0.25) is 0 Å². The highest BCUT2D eigenvalue weighted by molar-refractivity contribution is 5.90. The summed E-state index contributed by atoms with van der Waals surface area (Å²) in [4.78, 5) is 16.7.